The van der Waals surface area contributed by atoms with Crippen molar-refractivity contribution in [1.29, 1.82) is 0 Å². The Labute approximate surface area is 148 Å². The van der Waals surface area contributed by atoms with Crippen molar-refractivity contribution in [3.8, 4) is 5.75 Å². The van der Waals surface area contributed by atoms with Crippen LogP contribution in [-0.4, -0.2) is 29.4 Å². The molecule has 0 bridgehead atoms. The summed E-state index contributed by atoms with van der Waals surface area (Å²) < 4.78 is 5.59. The fourth-order valence-electron chi connectivity index (χ4n) is 2.67. The van der Waals surface area contributed by atoms with Crippen molar-refractivity contribution in [2.75, 3.05) is 6.54 Å². The lowest BCUT2D eigenvalue weighted by atomic mass is 10.1. The summed E-state index contributed by atoms with van der Waals surface area (Å²) in [4.78, 5) is 26.1. The summed E-state index contributed by atoms with van der Waals surface area (Å²) >= 11 is 6.15. The summed E-state index contributed by atoms with van der Waals surface area (Å²) in [5.41, 5.74) is 0.929. The first-order chi connectivity index (χ1) is 11.5. The predicted octanol–water partition coefficient (Wildman–Crippen LogP) is 4.37. The van der Waals surface area contributed by atoms with Crippen LogP contribution in [0.5, 0.6) is 5.75 Å². The minimum Gasteiger partial charge on any atom is -0.491 e. The first-order valence-corrected chi connectivity index (χ1v) is 8.86. The van der Waals surface area contributed by atoms with Crippen molar-refractivity contribution in [3.63, 3.8) is 0 Å². The smallest absolute Gasteiger partial charge is 0.273 e. The summed E-state index contributed by atoms with van der Waals surface area (Å²) in [6.07, 6.45) is 4.09. The Kier molecular flexibility index (Phi) is 6.44. The van der Waals surface area contributed by atoms with Crippen LogP contribution in [-0.2, 0) is 9.59 Å². The van der Waals surface area contributed by atoms with Gasteiger partial charge in [0.25, 0.3) is 11.8 Å². The predicted molar refractivity (Wildman–Crippen MR) is 95.8 cm³/mol. The summed E-state index contributed by atoms with van der Waals surface area (Å²) in [6.45, 7) is 6.44. The first-order valence-electron chi connectivity index (χ1n) is 8.48. The van der Waals surface area contributed by atoms with Crippen molar-refractivity contribution in [2.45, 2.75) is 52.6 Å². The number of halogens is 1. The van der Waals surface area contributed by atoms with Gasteiger partial charge in [0.05, 0.1) is 11.7 Å². The molecule has 24 heavy (non-hydrogen) atoms. The van der Waals surface area contributed by atoms with Crippen LogP contribution >= 0.6 is 11.6 Å². The van der Waals surface area contributed by atoms with E-state index in [1.165, 1.54) is 4.90 Å². The number of amides is 2. The molecular formula is C19H24ClNO3. The minimum absolute atomic E-state index is 0.00743. The normalized spacial score (nSPS) is 15.0. The van der Waals surface area contributed by atoms with Gasteiger partial charge in [0, 0.05) is 6.54 Å². The van der Waals surface area contributed by atoms with Crippen LogP contribution in [0, 0.1) is 0 Å². The van der Waals surface area contributed by atoms with E-state index < -0.39 is 5.91 Å². The van der Waals surface area contributed by atoms with Gasteiger partial charge in [-0.25, -0.2) is 0 Å². The highest BCUT2D eigenvalue weighted by Crippen LogP contribution is 2.32. The zero-order valence-corrected chi connectivity index (χ0v) is 15.2. The quantitative estimate of drug-likeness (QED) is 0.517. The highest BCUT2D eigenvalue weighted by molar-refractivity contribution is 6.55. The van der Waals surface area contributed by atoms with Gasteiger partial charge in [-0.3, -0.25) is 14.5 Å². The van der Waals surface area contributed by atoms with Gasteiger partial charge in [0.2, 0.25) is 0 Å². The lowest BCUT2D eigenvalue weighted by molar-refractivity contribution is -0.136. The van der Waals surface area contributed by atoms with Crippen LogP contribution in [0.2, 0.25) is 0 Å². The Morgan fingerprint density at radius 2 is 1.71 bits per heavy atom. The van der Waals surface area contributed by atoms with Crippen LogP contribution in [0.1, 0.15) is 52.0 Å². The molecule has 1 aliphatic rings. The Balaban J connectivity index is 2.12. The minimum atomic E-state index is -0.393. The van der Waals surface area contributed by atoms with E-state index in [1.54, 1.807) is 24.3 Å². The fraction of sp³-hybridized carbons (Fsp3) is 0.474. The SMILES string of the molecule is CCCCCCN1C(=O)C(Cl)=C(c2ccc(OC(C)C)cc2)C1=O. The molecule has 0 aromatic heterocycles. The monoisotopic (exact) mass is 349 g/mol. The molecule has 0 spiro atoms. The second-order valence-corrected chi connectivity index (χ2v) is 6.58. The Morgan fingerprint density at radius 1 is 1.04 bits per heavy atom. The lowest BCUT2D eigenvalue weighted by Gasteiger charge is -2.14. The lowest BCUT2D eigenvalue weighted by Crippen LogP contribution is -2.32. The molecule has 0 saturated heterocycles. The number of nitrogens with zero attached hydrogens (tertiary/aromatic N) is 1. The maximum absolute atomic E-state index is 12.6. The van der Waals surface area contributed by atoms with Gasteiger partial charge in [-0.15, -0.1) is 0 Å². The molecule has 1 heterocycles. The molecule has 0 atom stereocenters. The van der Waals surface area contributed by atoms with E-state index in [0.717, 1.165) is 31.4 Å². The number of unbranched alkanes of at least 4 members (excludes halogenated alkanes) is 3. The summed E-state index contributed by atoms with van der Waals surface area (Å²) in [6, 6.07) is 7.10. The third-order valence-corrected chi connectivity index (χ3v) is 4.21. The van der Waals surface area contributed by atoms with E-state index in [1.807, 2.05) is 13.8 Å². The molecule has 0 fully saturated rings. The van der Waals surface area contributed by atoms with Gasteiger partial charge in [-0.2, -0.15) is 0 Å². The molecule has 1 aromatic rings. The molecule has 1 aromatic carbocycles. The average Bonchev–Trinajstić information content (AvgIpc) is 2.75. The zero-order valence-electron chi connectivity index (χ0n) is 14.5. The van der Waals surface area contributed by atoms with Crippen molar-refractivity contribution in [1.82, 2.24) is 4.90 Å². The summed E-state index contributed by atoms with van der Waals surface area (Å²) in [5.74, 6) is 0.0216. The summed E-state index contributed by atoms with van der Waals surface area (Å²) in [5, 5.41) is 0.00743. The molecular weight excluding hydrogens is 326 g/mol. The average molecular weight is 350 g/mol. The zero-order chi connectivity index (χ0) is 17.7. The number of carbonyl (C=O) groups is 2. The van der Waals surface area contributed by atoms with Gasteiger partial charge in [0.1, 0.15) is 10.8 Å². The molecule has 2 rings (SSSR count). The van der Waals surface area contributed by atoms with Gasteiger partial charge >= 0.3 is 0 Å². The van der Waals surface area contributed by atoms with E-state index in [9.17, 15) is 9.59 Å². The van der Waals surface area contributed by atoms with Crippen molar-refractivity contribution >= 4 is 29.0 Å². The van der Waals surface area contributed by atoms with E-state index in [-0.39, 0.29) is 22.6 Å². The third-order valence-electron chi connectivity index (χ3n) is 3.86. The van der Waals surface area contributed by atoms with Crippen LogP contribution in [0.4, 0.5) is 0 Å². The molecule has 130 valence electrons. The molecule has 2 amide bonds. The number of carbonyl (C=O) groups excluding carboxylic acids is 2. The van der Waals surface area contributed by atoms with E-state index in [4.69, 9.17) is 16.3 Å². The Bertz CT molecular complexity index is 635. The van der Waals surface area contributed by atoms with Crippen LogP contribution in [0.3, 0.4) is 0 Å². The highest BCUT2D eigenvalue weighted by atomic mass is 35.5. The van der Waals surface area contributed by atoms with Crippen LogP contribution in [0.15, 0.2) is 29.3 Å². The van der Waals surface area contributed by atoms with Crippen LogP contribution in [0.25, 0.3) is 5.57 Å². The molecule has 4 nitrogen and oxygen atoms in total. The maximum Gasteiger partial charge on any atom is 0.273 e. The van der Waals surface area contributed by atoms with Crippen molar-refractivity contribution in [2.24, 2.45) is 0 Å². The molecule has 0 aliphatic carbocycles. The van der Waals surface area contributed by atoms with E-state index >= 15 is 0 Å². The Hall–Kier alpha value is -1.81. The highest BCUT2D eigenvalue weighted by Gasteiger charge is 2.37. The number of ether oxygens (including phenoxy) is 1. The van der Waals surface area contributed by atoms with Gasteiger partial charge in [-0.05, 0) is 38.0 Å². The largest absolute Gasteiger partial charge is 0.491 e. The number of hydrogen-bond acceptors (Lipinski definition) is 3. The second-order valence-electron chi connectivity index (χ2n) is 6.20. The number of rotatable bonds is 8. The fourth-order valence-corrected chi connectivity index (χ4v) is 2.96. The number of benzene rings is 1. The van der Waals surface area contributed by atoms with Crippen LogP contribution < -0.4 is 4.74 Å². The topological polar surface area (TPSA) is 46.6 Å². The van der Waals surface area contributed by atoms with Gasteiger partial charge < -0.3 is 4.74 Å². The van der Waals surface area contributed by atoms with Gasteiger partial charge in [0.15, 0.2) is 0 Å². The molecule has 0 unspecified atom stereocenters. The second kappa shape index (κ2) is 8.34. The van der Waals surface area contributed by atoms with Crippen molar-refractivity contribution < 1.29 is 14.3 Å². The van der Waals surface area contributed by atoms with E-state index in [2.05, 4.69) is 6.92 Å². The number of hydrogen-bond donors (Lipinski definition) is 0. The van der Waals surface area contributed by atoms with Crippen molar-refractivity contribution in [3.05, 3.63) is 34.9 Å². The molecule has 0 radical (unpaired) electrons. The standard InChI is InChI=1S/C19H24ClNO3/c1-4-5-6-7-12-21-18(22)16(17(20)19(21)23)14-8-10-15(11-9-14)24-13(2)3/h8-11,13H,4-7,12H2,1-3H3. The maximum atomic E-state index is 12.6. The Morgan fingerprint density at radius 3 is 2.29 bits per heavy atom. The third kappa shape index (κ3) is 4.18. The van der Waals surface area contributed by atoms with Gasteiger partial charge in [-0.1, -0.05) is 49.9 Å². The molecule has 1 aliphatic heterocycles. The molecule has 0 N–H and O–H groups in total. The van der Waals surface area contributed by atoms with E-state index in [0.29, 0.717) is 12.1 Å². The molecule has 5 heteroatoms. The first kappa shape index (κ1) is 18.5. The summed E-state index contributed by atoms with van der Waals surface area (Å²) in [7, 11) is 0. The molecule has 0 saturated carbocycles. The number of imide groups is 1.